The van der Waals surface area contributed by atoms with Crippen molar-refractivity contribution in [1.29, 1.82) is 0 Å². The molecule has 0 aromatic heterocycles. The van der Waals surface area contributed by atoms with Gasteiger partial charge in [0.1, 0.15) is 12.6 Å². The zero-order chi connectivity index (χ0) is 24.5. The van der Waals surface area contributed by atoms with Crippen LogP contribution < -0.4 is 5.32 Å². The fourth-order valence-corrected chi connectivity index (χ4v) is 5.89. The summed E-state index contributed by atoms with van der Waals surface area (Å²) in [5.74, 6) is -1.27. The van der Waals surface area contributed by atoms with Crippen molar-refractivity contribution in [1.82, 2.24) is 10.2 Å². The highest BCUT2D eigenvalue weighted by Gasteiger charge is 2.40. The van der Waals surface area contributed by atoms with E-state index in [-0.39, 0.29) is 49.8 Å². The molecule has 0 spiro atoms. The molecule has 0 unspecified atom stereocenters. The summed E-state index contributed by atoms with van der Waals surface area (Å²) in [5.41, 5.74) is 4.67. The largest absolute Gasteiger partial charge is 0.480 e. The van der Waals surface area contributed by atoms with E-state index in [1.165, 1.54) is 16.0 Å². The SMILES string of the molecule is O=C(N[C@H]1CC[C@@H](CC(=O)N2C[C@H](O)C[C@@H]2C(=O)O)C1)OCC1c2ccccc2-c2ccccc21. The van der Waals surface area contributed by atoms with Gasteiger partial charge in [-0.2, -0.15) is 0 Å². The number of nitrogens with zero attached hydrogens (tertiary/aromatic N) is 1. The Morgan fingerprint density at radius 3 is 2.29 bits per heavy atom. The molecule has 1 saturated carbocycles. The van der Waals surface area contributed by atoms with E-state index in [1.54, 1.807) is 0 Å². The van der Waals surface area contributed by atoms with Crippen LogP contribution in [0, 0.1) is 5.92 Å². The van der Waals surface area contributed by atoms with Gasteiger partial charge in [-0.25, -0.2) is 9.59 Å². The van der Waals surface area contributed by atoms with Crippen LogP contribution in [0.5, 0.6) is 0 Å². The van der Waals surface area contributed by atoms with Crippen LogP contribution in [0.2, 0.25) is 0 Å². The number of hydrogen-bond donors (Lipinski definition) is 3. The number of carbonyl (C=O) groups excluding carboxylic acids is 2. The number of carbonyl (C=O) groups is 3. The summed E-state index contributed by atoms with van der Waals surface area (Å²) in [5, 5.41) is 22.0. The lowest BCUT2D eigenvalue weighted by molar-refractivity contribution is -0.148. The lowest BCUT2D eigenvalue weighted by atomic mass is 9.98. The number of aliphatic carboxylic acids is 1. The molecular weight excluding hydrogens is 448 g/mol. The first-order valence-electron chi connectivity index (χ1n) is 12.2. The van der Waals surface area contributed by atoms with Crippen LogP contribution in [0.1, 0.15) is 49.1 Å². The first kappa shape index (κ1) is 23.4. The third-order valence-electron chi connectivity index (χ3n) is 7.55. The van der Waals surface area contributed by atoms with Crippen LogP contribution in [0.15, 0.2) is 48.5 Å². The smallest absolute Gasteiger partial charge is 0.407 e. The highest BCUT2D eigenvalue weighted by molar-refractivity contribution is 5.84. The molecule has 2 aromatic carbocycles. The average molecular weight is 479 g/mol. The van der Waals surface area contributed by atoms with Gasteiger partial charge in [-0.3, -0.25) is 4.79 Å². The van der Waals surface area contributed by atoms with E-state index in [1.807, 2.05) is 24.3 Å². The number of nitrogens with one attached hydrogen (secondary N) is 1. The molecule has 1 aliphatic heterocycles. The number of ether oxygens (including phenoxy) is 1. The standard InChI is InChI=1S/C27H30N2O6/c30-18-13-24(26(32)33)29(14-18)25(31)12-16-9-10-17(11-16)28-27(34)35-15-23-21-7-3-1-5-19(21)20-6-2-4-8-22(20)23/h1-8,16-18,23-24,30H,9-15H2,(H,28,34)(H,32,33)/t16-,17+,18-,24-/m1/s1. The summed E-state index contributed by atoms with van der Waals surface area (Å²) in [6, 6.07) is 15.3. The molecule has 2 amide bonds. The summed E-state index contributed by atoms with van der Waals surface area (Å²) < 4.78 is 5.63. The number of amides is 2. The monoisotopic (exact) mass is 478 g/mol. The van der Waals surface area contributed by atoms with Crippen molar-refractivity contribution in [3.05, 3.63) is 59.7 Å². The summed E-state index contributed by atoms with van der Waals surface area (Å²) in [7, 11) is 0. The number of rotatable bonds is 6. The maximum absolute atomic E-state index is 12.7. The van der Waals surface area contributed by atoms with E-state index in [2.05, 4.69) is 29.6 Å². The Bertz CT molecular complexity index is 1090. The molecule has 8 nitrogen and oxygen atoms in total. The van der Waals surface area contributed by atoms with Crippen LogP contribution in [0.4, 0.5) is 4.79 Å². The molecule has 0 radical (unpaired) electrons. The molecule has 1 saturated heterocycles. The van der Waals surface area contributed by atoms with Crippen LogP contribution in [-0.4, -0.2) is 64.4 Å². The van der Waals surface area contributed by atoms with Crippen LogP contribution in [0.25, 0.3) is 11.1 Å². The van der Waals surface area contributed by atoms with Gasteiger partial charge in [-0.15, -0.1) is 0 Å². The normalized spacial score (nSPS) is 25.2. The lowest BCUT2D eigenvalue weighted by Crippen LogP contribution is -2.41. The van der Waals surface area contributed by atoms with Crippen molar-refractivity contribution >= 4 is 18.0 Å². The zero-order valence-corrected chi connectivity index (χ0v) is 19.4. The van der Waals surface area contributed by atoms with Gasteiger partial charge in [0.05, 0.1) is 6.10 Å². The molecule has 5 rings (SSSR count). The molecule has 4 atom stereocenters. The second-order valence-corrected chi connectivity index (χ2v) is 9.84. The molecule has 8 heteroatoms. The molecule has 184 valence electrons. The molecule has 2 aromatic rings. The molecule has 35 heavy (non-hydrogen) atoms. The first-order chi connectivity index (χ1) is 16.9. The quantitative estimate of drug-likeness (QED) is 0.588. The fraction of sp³-hybridized carbons (Fsp3) is 0.444. The molecule has 3 N–H and O–H groups in total. The molecule has 2 aliphatic carbocycles. The average Bonchev–Trinajstić information content (AvgIpc) is 3.53. The molecule has 0 bridgehead atoms. The summed E-state index contributed by atoms with van der Waals surface area (Å²) >= 11 is 0. The minimum Gasteiger partial charge on any atom is -0.480 e. The van der Waals surface area contributed by atoms with Gasteiger partial charge in [0.2, 0.25) is 5.91 Å². The Balaban J connectivity index is 1.12. The van der Waals surface area contributed by atoms with E-state index >= 15 is 0 Å². The minimum absolute atomic E-state index is 0.0000843. The number of alkyl carbamates (subject to hydrolysis) is 1. The zero-order valence-electron chi connectivity index (χ0n) is 19.4. The second-order valence-electron chi connectivity index (χ2n) is 9.84. The van der Waals surface area contributed by atoms with Gasteiger partial charge in [-0.1, -0.05) is 48.5 Å². The Kier molecular flexibility index (Phi) is 6.47. The third-order valence-corrected chi connectivity index (χ3v) is 7.55. The van der Waals surface area contributed by atoms with E-state index in [0.29, 0.717) is 6.42 Å². The number of β-amino-alcohol motifs (C(OH)–C–C–N with tert-alkyl or cyclic N) is 1. The Hall–Kier alpha value is -3.39. The number of benzene rings is 2. The Morgan fingerprint density at radius 2 is 1.63 bits per heavy atom. The van der Waals surface area contributed by atoms with Gasteiger partial charge in [0, 0.05) is 31.3 Å². The maximum Gasteiger partial charge on any atom is 0.407 e. The number of aliphatic hydroxyl groups excluding tert-OH is 1. The van der Waals surface area contributed by atoms with E-state index in [4.69, 9.17) is 4.74 Å². The molecule has 3 aliphatic rings. The third kappa shape index (κ3) is 4.75. The molecular formula is C27H30N2O6. The highest BCUT2D eigenvalue weighted by Crippen LogP contribution is 2.44. The van der Waals surface area contributed by atoms with Crippen molar-refractivity contribution in [2.24, 2.45) is 5.92 Å². The number of carboxylic acid groups (broad SMARTS) is 1. The van der Waals surface area contributed by atoms with Crippen molar-refractivity contribution in [3.8, 4) is 11.1 Å². The van der Waals surface area contributed by atoms with Crippen molar-refractivity contribution in [2.45, 2.75) is 56.2 Å². The van der Waals surface area contributed by atoms with Gasteiger partial charge in [0.25, 0.3) is 0 Å². The number of hydrogen-bond acceptors (Lipinski definition) is 5. The summed E-state index contributed by atoms with van der Waals surface area (Å²) in [6.07, 6.45) is 1.19. The van der Waals surface area contributed by atoms with Crippen LogP contribution in [0.3, 0.4) is 0 Å². The Labute approximate surface area is 203 Å². The first-order valence-corrected chi connectivity index (χ1v) is 12.2. The summed E-state index contributed by atoms with van der Waals surface area (Å²) in [6.45, 7) is 0.312. The lowest BCUT2D eigenvalue weighted by Gasteiger charge is -2.23. The van der Waals surface area contributed by atoms with Crippen molar-refractivity contribution in [2.75, 3.05) is 13.2 Å². The predicted octanol–water partition coefficient (Wildman–Crippen LogP) is 3.13. The number of carboxylic acids is 1. The Morgan fingerprint density at radius 1 is 0.971 bits per heavy atom. The summed E-state index contributed by atoms with van der Waals surface area (Å²) in [4.78, 5) is 37.9. The van der Waals surface area contributed by atoms with Gasteiger partial charge in [-0.05, 0) is 47.4 Å². The van der Waals surface area contributed by atoms with Crippen LogP contribution >= 0.6 is 0 Å². The van der Waals surface area contributed by atoms with E-state index < -0.39 is 24.2 Å². The number of aliphatic hydroxyl groups is 1. The highest BCUT2D eigenvalue weighted by atomic mass is 16.5. The van der Waals surface area contributed by atoms with Gasteiger partial charge >= 0.3 is 12.1 Å². The fourth-order valence-electron chi connectivity index (χ4n) is 5.89. The van der Waals surface area contributed by atoms with Gasteiger partial charge in [0.15, 0.2) is 0 Å². The number of likely N-dealkylation sites (tertiary alicyclic amines) is 1. The second kappa shape index (κ2) is 9.70. The molecule has 2 fully saturated rings. The van der Waals surface area contributed by atoms with Gasteiger partial charge < -0.3 is 25.2 Å². The van der Waals surface area contributed by atoms with Crippen LogP contribution in [-0.2, 0) is 14.3 Å². The van der Waals surface area contributed by atoms with Crippen molar-refractivity contribution < 1.29 is 29.3 Å². The predicted molar refractivity (Wildman–Crippen MR) is 128 cm³/mol. The maximum atomic E-state index is 12.7. The number of fused-ring (bicyclic) bond motifs is 3. The van der Waals surface area contributed by atoms with E-state index in [0.717, 1.165) is 24.0 Å². The van der Waals surface area contributed by atoms with Crippen molar-refractivity contribution in [3.63, 3.8) is 0 Å². The van der Waals surface area contributed by atoms with E-state index in [9.17, 15) is 24.6 Å². The topological polar surface area (TPSA) is 116 Å². The molecule has 1 heterocycles. The minimum atomic E-state index is -1.09.